The Hall–Kier alpha value is -1.34. The number of ether oxygens (including phenoxy) is 2. The van der Waals surface area contributed by atoms with Crippen molar-refractivity contribution in [3.05, 3.63) is 23.8 Å². The van der Waals surface area contributed by atoms with Crippen molar-refractivity contribution < 1.29 is 19.7 Å². The van der Waals surface area contributed by atoms with Crippen LogP contribution in [0.3, 0.4) is 0 Å². The predicted octanol–water partition coefficient (Wildman–Crippen LogP) is 2.27. The SMILES string of the molecule is COc1ccc(OCC(O)CN2CCC(O)CC2)c(CN2CCCCCC2)c1. The third-order valence-corrected chi connectivity index (χ3v) is 5.82. The van der Waals surface area contributed by atoms with Gasteiger partial charge in [0, 0.05) is 31.7 Å². The number of β-amino-alcohol motifs (C(OH)–C–C–N with tert-alkyl or cyclic N) is 1. The number of hydrogen-bond acceptors (Lipinski definition) is 6. The summed E-state index contributed by atoms with van der Waals surface area (Å²) in [6.45, 7) is 5.64. The van der Waals surface area contributed by atoms with Crippen molar-refractivity contribution in [2.24, 2.45) is 0 Å². The molecular weight excluding hydrogens is 356 g/mol. The summed E-state index contributed by atoms with van der Waals surface area (Å²) < 4.78 is 11.4. The van der Waals surface area contributed by atoms with Crippen LogP contribution in [0, 0.1) is 0 Å². The maximum absolute atomic E-state index is 10.4. The number of rotatable bonds is 8. The van der Waals surface area contributed by atoms with E-state index >= 15 is 0 Å². The molecule has 0 bridgehead atoms. The lowest BCUT2D eigenvalue weighted by Crippen LogP contribution is -2.41. The van der Waals surface area contributed by atoms with Crippen LogP contribution in [0.1, 0.15) is 44.1 Å². The number of aliphatic hydroxyl groups excluding tert-OH is 2. The topological polar surface area (TPSA) is 65.4 Å². The van der Waals surface area contributed by atoms with E-state index in [2.05, 4.69) is 15.9 Å². The Labute approximate surface area is 169 Å². The molecule has 2 N–H and O–H groups in total. The van der Waals surface area contributed by atoms with Crippen molar-refractivity contribution in [2.75, 3.05) is 46.4 Å². The van der Waals surface area contributed by atoms with E-state index in [1.807, 2.05) is 12.1 Å². The second kappa shape index (κ2) is 11.0. The first-order valence-electron chi connectivity index (χ1n) is 10.7. The van der Waals surface area contributed by atoms with Crippen LogP contribution in [0.25, 0.3) is 0 Å². The van der Waals surface area contributed by atoms with Crippen molar-refractivity contribution in [3.63, 3.8) is 0 Å². The molecule has 0 aromatic heterocycles. The monoisotopic (exact) mass is 392 g/mol. The molecule has 1 aromatic rings. The van der Waals surface area contributed by atoms with Crippen molar-refractivity contribution in [1.29, 1.82) is 0 Å². The highest BCUT2D eigenvalue weighted by Gasteiger charge is 2.20. The fraction of sp³-hybridized carbons (Fsp3) is 0.727. The van der Waals surface area contributed by atoms with Crippen molar-refractivity contribution in [2.45, 2.75) is 57.3 Å². The highest BCUT2D eigenvalue weighted by Crippen LogP contribution is 2.27. The standard InChI is InChI=1S/C22H36N2O4/c1-27-21-6-7-22(18(14-21)15-23-10-4-2-3-5-11-23)28-17-20(26)16-24-12-8-19(25)9-13-24/h6-7,14,19-20,25-26H,2-5,8-13,15-17H2,1H3. The number of benzene rings is 1. The molecule has 2 heterocycles. The van der Waals surface area contributed by atoms with Crippen LogP contribution in [-0.2, 0) is 6.54 Å². The second-order valence-corrected chi connectivity index (χ2v) is 8.16. The van der Waals surface area contributed by atoms with Crippen LogP contribution in [0.4, 0.5) is 0 Å². The lowest BCUT2D eigenvalue weighted by molar-refractivity contribution is 0.0335. The van der Waals surface area contributed by atoms with Crippen molar-refractivity contribution in [1.82, 2.24) is 9.80 Å². The van der Waals surface area contributed by atoms with Crippen molar-refractivity contribution >= 4 is 0 Å². The van der Waals surface area contributed by atoms with Crippen LogP contribution >= 0.6 is 0 Å². The average molecular weight is 393 g/mol. The van der Waals surface area contributed by atoms with E-state index in [1.165, 1.54) is 25.7 Å². The van der Waals surface area contributed by atoms with E-state index in [4.69, 9.17) is 9.47 Å². The summed E-state index contributed by atoms with van der Waals surface area (Å²) >= 11 is 0. The van der Waals surface area contributed by atoms with Crippen LogP contribution in [0.15, 0.2) is 18.2 Å². The van der Waals surface area contributed by atoms with Crippen LogP contribution in [0.5, 0.6) is 11.5 Å². The van der Waals surface area contributed by atoms with Gasteiger partial charge in [0.2, 0.25) is 0 Å². The van der Waals surface area contributed by atoms with E-state index in [1.54, 1.807) is 7.11 Å². The number of hydrogen-bond donors (Lipinski definition) is 2. The molecule has 0 aliphatic carbocycles. The first kappa shape index (κ1) is 21.4. The molecule has 0 saturated carbocycles. The zero-order valence-electron chi connectivity index (χ0n) is 17.2. The molecule has 6 nitrogen and oxygen atoms in total. The molecule has 158 valence electrons. The minimum atomic E-state index is -0.539. The Bertz CT molecular complexity index is 582. The normalized spacial score (nSPS) is 21.2. The second-order valence-electron chi connectivity index (χ2n) is 8.16. The molecule has 0 radical (unpaired) electrons. The van der Waals surface area contributed by atoms with Gasteiger partial charge in [0.05, 0.1) is 13.2 Å². The van der Waals surface area contributed by atoms with Gasteiger partial charge in [0.1, 0.15) is 24.2 Å². The highest BCUT2D eigenvalue weighted by atomic mass is 16.5. The summed E-state index contributed by atoms with van der Waals surface area (Å²) in [7, 11) is 1.69. The summed E-state index contributed by atoms with van der Waals surface area (Å²) in [4.78, 5) is 4.69. The summed E-state index contributed by atoms with van der Waals surface area (Å²) in [5.41, 5.74) is 1.12. The quantitative estimate of drug-likeness (QED) is 0.708. The molecule has 1 aromatic carbocycles. The molecule has 6 heteroatoms. The molecule has 0 amide bonds. The first-order chi connectivity index (χ1) is 13.6. The fourth-order valence-corrected chi connectivity index (χ4v) is 4.12. The summed E-state index contributed by atoms with van der Waals surface area (Å²) in [6, 6.07) is 5.92. The van der Waals surface area contributed by atoms with E-state index in [9.17, 15) is 10.2 Å². The van der Waals surface area contributed by atoms with E-state index < -0.39 is 6.10 Å². The zero-order valence-corrected chi connectivity index (χ0v) is 17.2. The van der Waals surface area contributed by atoms with Gasteiger partial charge in [-0.15, -0.1) is 0 Å². The number of methoxy groups -OCH3 is 1. The van der Waals surface area contributed by atoms with Crippen molar-refractivity contribution in [3.8, 4) is 11.5 Å². The maximum Gasteiger partial charge on any atom is 0.124 e. The Kier molecular flexibility index (Phi) is 8.40. The lowest BCUT2D eigenvalue weighted by Gasteiger charge is -2.31. The minimum absolute atomic E-state index is 0.189. The van der Waals surface area contributed by atoms with E-state index in [-0.39, 0.29) is 12.7 Å². The van der Waals surface area contributed by atoms with Gasteiger partial charge in [0.15, 0.2) is 0 Å². The average Bonchev–Trinajstić information content (AvgIpc) is 2.97. The van der Waals surface area contributed by atoms with Gasteiger partial charge in [0.25, 0.3) is 0 Å². The van der Waals surface area contributed by atoms with Gasteiger partial charge in [-0.3, -0.25) is 4.90 Å². The number of likely N-dealkylation sites (tertiary alicyclic amines) is 2. The van der Waals surface area contributed by atoms with Gasteiger partial charge in [-0.25, -0.2) is 0 Å². The van der Waals surface area contributed by atoms with Gasteiger partial charge in [-0.05, 0) is 57.0 Å². The summed E-state index contributed by atoms with van der Waals surface area (Å²) in [6.07, 6.45) is 5.98. The lowest BCUT2D eigenvalue weighted by atomic mass is 10.1. The predicted molar refractivity (Wildman–Crippen MR) is 110 cm³/mol. The highest BCUT2D eigenvalue weighted by molar-refractivity contribution is 5.40. The molecule has 2 aliphatic rings. The van der Waals surface area contributed by atoms with Gasteiger partial charge in [-0.1, -0.05) is 12.8 Å². The molecule has 2 aliphatic heterocycles. The molecule has 0 spiro atoms. The van der Waals surface area contributed by atoms with Gasteiger partial charge in [-0.2, -0.15) is 0 Å². The summed E-state index contributed by atoms with van der Waals surface area (Å²) in [5.74, 6) is 1.67. The molecule has 28 heavy (non-hydrogen) atoms. The van der Waals surface area contributed by atoms with Crippen LogP contribution in [0.2, 0.25) is 0 Å². The Morgan fingerprint density at radius 2 is 1.75 bits per heavy atom. The summed E-state index contributed by atoms with van der Waals surface area (Å²) in [5, 5.41) is 20.0. The van der Waals surface area contributed by atoms with Gasteiger partial charge < -0.3 is 24.6 Å². The van der Waals surface area contributed by atoms with Crippen LogP contribution in [-0.4, -0.2) is 78.7 Å². The Morgan fingerprint density at radius 3 is 2.43 bits per heavy atom. The molecular formula is C22H36N2O4. The fourth-order valence-electron chi connectivity index (χ4n) is 4.12. The Morgan fingerprint density at radius 1 is 1.04 bits per heavy atom. The molecule has 3 rings (SSSR count). The van der Waals surface area contributed by atoms with Gasteiger partial charge >= 0.3 is 0 Å². The maximum atomic E-state index is 10.4. The van der Waals surface area contributed by atoms with E-state index in [0.29, 0.717) is 6.54 Å². The largest absolute Gasteiger partial charge is 0.497 e. The van der Waals surface area contributed by atoms with Crippen LogP contribution < -0.4 is 9.47 Å². The Balaban J connectivity index is 1.55. The third kappa shape index (κ3) is 6.62. The smallest absolute Gasteiger partial charge is 0.124 e. The minimum Gasteiger partial charge on any atom is -0.497 e. The molecule has 1 unspecified atom stereocenters. The zero-order chi connectivity index (χ0) is 19.8. The van der Waals surface area contributed by atoms with E-state index in [0.717, 1.165) is 62.6 Å². The molecule has 2 fully saturated rings. The number of piperidine rings is 1. The molecule has 1 atom stereocenters. The molecule has 2 saturated heterocycles. The first-order valence-corrected chi connectivity index (χ1v) is 10.7. The third-order valence-electron chi connectivity index (χ3n) is 5.82. The number of nitrogens with zero attached hydrogens (tertiary/aromatic N) is 2. The number of aliphatic hydroxyl groups is 2.